The van der Waals surface area contributed by atoms with Gasteiger partial charge in [-0.25, -0.2) is 0 Å². The van der Waals surface area contributed by atoms with Gasteiger partial charge in [0.1, 0.15) is 0 Å². The van der Waals surface area contributed by atoms with Crippen molar-refractivity contribution in [2.45, 2.75) is 6.04 Å². The third kappa shape index (κ3) is 2.72. The number of hydrogen-bond donors (Lipinski definition) is 2. The van der Waals surface area contributed by atoms with E-state index in [4.69, 9.17) is 22.1 Å². The van der Waals surface area contributed by atoms with Crippen molar-refractivity contribution in [2.24, 2.45) is 5.73 Å². The lowest BCUT2D eigenvalue weighted by atomic mass is 10.1. The van der Waals surface area contributed by atoms with E-state index in [1.54, 1.807) is 13.3 Å². The highest BCUT2D eigenvalue weighted by atomic mass is 35.5. The fourth-order valence-electron chi connectivity index (χ4n) is 1.84. The second-order valence-electron chi connectivity index (χ2n) is 4.03. The van der Waals surface area contributed by atoms with Gasteiger partial charge in [-0.3, -0.25) is 4.98 Å². The molecule has 0 aliphatic rings. The molecular formula is C13H16ClN3O. The molecular weight excluding hydrogens is 250 g/mol. The third-order valence-corrected chi connectivity index (χ3v) is 3.06. The summed E-state index contributed by atoms with van der Waals surface area (Å²) in [4.78, 5) is 4.36. The Labute approximate surface area is 111 Å². The van der Waals surface area contributed by atoms with Crippen molar-refractivity contribution in [3.63, 3.8) is 0 Å². The Kier molecular flexibility index (Phi) is 4.36. The van der Waals surface area contributed by atoms with Crippen LogP contribution in [0.4, 0.5) is 5.69 Å². The number of anilines is 1. The number of pyridine rings is 1. The van der Waals surface area contributed by atoms with Gasteiger partial charge in [0.05, 0.1) is 28.9 Å². The minimum absolute atomic E-state index is 0.0568. The summed E-state index contributed by atoms with van der Waals surface area (Å²) in [5.41, 5.74) is 7.46. The summed E-state index contributed by atoms with van der Waals surface area (Å²) in [5, 5.41) is 4.95. The zero-order valence-corrected chi connectivity index (χ0v) is 10.9. The van der Waals surface area contributed by atoms with E-state index in [1.807, 2.05) is 24.3 Å². The van der Waals surface area contributed by atoms with E-state index in [0.717, 1.165) is 16.6 Å². The van der Waals surface area contributed by atoms with Gasteiger partial charge < -0.3 is 15.8 Å². The Bertz CT molecular complexity index is 533. The van der Waals surface area contributed by atoms with Crippen molar-refractivity contribution in [3.05, 3.63) is 35.5 Å². The van der Waals surface area contributed by atoms with Crippen LogP contribution in [-0.4, -0.2) is 31.3 Å². The highest BCUT2D eigenvalue weighted by molar-refractivity contribution is 6.35. The average molecular weight is 266 g/mol. The normalized spacial score (nSPS) is 12.6. The lowest BCUT2D eigenvalue weighted by Crippen LogP contribution is -2.33. The molecule has 4 nitrogen and oxygen atoms in total. The maximum absolute atomic E-state index is 6.14. The van der Waals surface area contributed by atoms with Gasteiger partial charge in [-0.05, 0) is 24.3 Å². The van der Waals surface area contributed by atoms with E-state index in [2.05, 4.69) is 10.3 Å². The zero-order chi connectivity index (χ0) is 13.0. The minimum Gasteiger partial charge on any atom is -0.383 e. The SMILES string of the molecule is COCC(CN)Nc1ccc(Cl)c2cccnc12. The van der Waals surface area contributed by atoms with Crippen LogP contribution in [0.25, 0.3) is 10.9 Å². The number of nitrogens with two attached hydrogens (primary N) is 1. The van der Waals surface area contributed by atoms with E-state index >= 15 is 0 Å². The first-order valence-corrected chi connectivity index (χ1v) is 6.13. The maximum Gasteiger partial charge on any atom is 0.0948 e. The Morgan fingerprint density at radius 2 is 2.28 bits per heavy atom. The van der Waals surface area contributed by atoms with Gasteiger partial charge in [-0.1, -0.05) is 11.6 Å². The predicted molar refractivity (Wildman–Crippen MR) is 75.1 cm³/mol. The third-order valence-electron chi connectivity index (χ3n) is 2.73. The largest absolute Gasteiger partial charge is 0.383 e. The van der Waals surface area contributed by atoms with Crippen molar-refractivity contribution >= 4 is 28.2 Å². The smallest absolute Gasteiger partial charge is 0.0948 e. The summed E-state index contributed by atoms with van der Waals surface area (Å²) in [6.07, 6.45) is 1.75. The van der Waals surface area contributed by atoms with E-state index in [9.17, 15) is 0 Å². The van der Waals surface area contributed by atoms with Crippen LogP contribution in [0, 0.1) is 0 Å². The molecule has 2 rings (SSSR count). The Morgan fingerprint density at radius 1 is 1.44 bits per heavy atom. The van der Waals surface area contributed by atoms with Crippen LogP contribution in [0.3, 0.4) is 0 Å². The molecule has 18 heavy (non-hydrogen) atoms. The van der Waals surface area contributed by atoms with Crippen molar-refractivity contribution in [1.29, 1.82) is 0 Å². The first-order chi connectivity index (χ1) is 8.76. The predicted octanol–water partition coefficient (Wildman–Crippen LogP) is 2.27. The number of rotatable bonds is 5. The Hall–Kier alpha value is -1.36. The van der Waals surface area contributed by atoms with Crippen LogP contribution in [0.15, 0.2) is 30.5 Å². The maximum atomic E-state index is 6.14. The van der Waals surface area contributed by atoms with E-state index in [-0.39, 0.29) is 6.04 Å². The average Bonchev–Trinajstić information content (AvgIpc) is 2.41. The van der Waals surface area contributed by atoms with E-state index in [0.29, 0.717) is 18.2 Å². The van der Waals surface area contributed by atoms with Gasteiger partial charge in [0.25, 0.3) is 0 Å². The van der Waals surface area contributed by atoms with Crippen LogP contribution >= 0.6 is 11.6 Å². The fraction of sp³-hybridized carbons (Fsp3) is 0.308. The molecule has 1 aromatic heterocycles. The van der Waals surface area contributed by atoms with Crippen molar-refractivity contribution in [1.82, 2.24) is 4.98 Å². The van der Waals surface area contributed by atoms with Gasteiger partial charge in [0, 0.05) is 25.2 Å². The number of aromatic nitrogens is 1. The highest BCUT2D eigenvalue weighted by Gasteiger charge is 2.10. The first kappa shape index (κ1) is 13.1. The molecule has 0 radical (unpaired) electrons. The first-order valence-electron chi connectivity index (χ1n) is 5.75. The molecule has 1 heterocycles. The van der Waals surface area contributed by atoms with Crippen molar-refractivity contribution < 1.29 is 4.74 Å². The molecule has 5 heteroatoms. The van der Waals surface area contributed by atoms with Gasteiger partial charge in [0.15, 0.2) is 0 Å². The number of nitrogens with zero attached hydrogens (tertiary/aromatic N) is 1. The van der Waals surface area contributed by atoms with Crippen molar-refractivity contribution in [3.8, 4) is 0 Å². The van der Waals surface area contributed by atoms with Crippen LogP contribution in [-0.2, 0) is 4.74 Å². The molecule has 1 atom stereocenters. The van der Waals surface area contributed by atoms with Crippen LogP contribution in [0.2, 0.25) is 5.02 Å². The molecule has 0 aliphatic heterocycles. The Morgan fingerprint density at radius 3 is 3.00 bits per heavy atom. The standard InChI is InChI=1S/C13H16ClN3O/c1-18-8-9(7-15)17-12-5-4-11(14)10-3-2-6-16-13(10)12/h2-6,9,17H,7-8,15H2,1H3. The number of benzene rings is 1. The lowest BCUT2D eigenvalue weighted by molar-refractivity contribution is 0.187. The molecule has 0 amide bonds. The van der Waals surface area contributed by atoms with Gasteiger partial charge in [-0.2, -0.15) is 0 Å². The lowest BCUT2D eigenvalue weighted by Gasteiger charge is -2.18. The van der Waals surface area contributed by atoms with E-state index in [1.165, 1.54) is 0 Å². The summed E-state index contributed by atoms with van der Waals surface area (Å²) >= 11 is 6.14. The zero-order valence-electron chi connectivity index (χ0n) is 10.2. The number of methoxy groups -OCH3 is 1. The molecule has 1 aromatic carbocycles. The molecule has 3 N–H and O–H groups in total. The summed E-state index contributed by atoms with van der Waals surface area (Å²) < 4.78 is 5.11. The monoisotopic (exact) mass is 265 g/mol. The molecule has 0 saturated heterocycles. The second-order valence-corrected chi connectivity index (χ2v) is 4.43. The van der Waals surface area contributed by atoms with Gasteiger partial charge in [-0.15, -0.1) is 0 Å². The molecule has 0 fully saturated rings. The number of halogens is 1. The number of fused-ring (bicyclic) bond motifs is 1. The molecule has 0 saturated carbocycles. The summed E-state index contributed by atoms with van der Waals surface area (Å²) in [6.45, 7) is 1.04. The van der Waals surface area contributed by atoms with E-state index < -0.39 is 0 Å². The Balaban J connectivity index is 2.36. The number of ether oxygens (including phenoxy) is 1. The summed E-state index contributed by atoms with van der Waals surface area (Å²) in [6, 6.07) is 7.64. The second kappa shape index (κ2) is 6.00. The molecule has 1 unspecified atom stereocenters. The fourth-order valence-corrected chi connectivity index (χ4v) is 2.06. The van der Waals surface area contributed by atoms with Crippen LogP contribution in [0.5, 0.6) is 0 Å². The van der Waals surface area contributed by atoms with Crippen LogP contribution in [0.1, 0.15) is 0 Å². The summed E-state index contributed by atoms with van der Waals surface area (Å²) in [7, 11) is 1.66. The topological polar surface area (TPSA) is 60.2 Å². The number of nitrogens with one attached hydrogen (secondary N) is 1. The molecule has 2 aromatic rings. The number of hydrogen-bond acceptors (Lipinski definition) is 4. The molecule has 96 valence electrons. The highest BCUT2D eigenvalue weighted by Crippen LogP contribution is 2.28. The molecule has 0 spiro atoms. The minimum atomic E-state index is 0.0568. The van der Waals surface area contributed by atoms with Crippen molar-refractivity contribution in [2.75, 3.05) is 25.6 Å². The molecule has 0 aliphatic carbocycles. The quantitative estimate of drug-likeness (QED) is 0.871. The molecule has 0 bridgehead atoms. The van der Waals surface area contributed by atoms with Gasteiger partial charge >= 0.3 is 0 Å². The summed E-state index contributed by atoms with van der Waals surface area (Å²) in [5.74, 6) is 0. The van der Waals surface area contributed by atoms with Gasteiger partial charge in [0.2, 0.25) is 0 Å². The van der Waals surface area contributed by atoms with Crippen LogP contribution < -0.4 is 11.1 Å².